The molecule has 0 atom stereocenters. The largest absolute Gasteiger partial charge is 0.494 e. The summed E-state index contributed by atoms with van der Waals surface area (Å²) in [5.41, 5.74) is 0.0335. The van der Waals surface area contributed by atoms with E-state index in [1.165, 1.54) is 26.2 Å². The highest BCUT2D eigenvalue weighted by Crippen LogP contribution is 2.26. The SMILES string of the molecule is COc1cc(Br)cc(C(C)=O)c1F. The highest BCUT2D eigenvalue weighted by Gasteiger charge is 2.13. The van der Waals surface area contributed by atoms with Crippen molar-refractivity contribution in [2.45, 2.75) is 6.92 Å². The third-order valence-electron chi connectivity index (χ3n) is 1.60. The van der Waals surface area contributed by atoms with Crippen molar-refractivity contribution in [3.8, 4) is 5.75 Å². The van der Waals surface area contributed by atoms with Crippen LogP contribution >= 0.6 is 15.9 Å². The Morgan fingerprint density at radius 1 is 1.54 bits per heavy atom. The summed E-state index contributed by atoms with van der Waals surface area (Å²) in [4.78, 5) is 11.0. The van der Waals surface area contributed by atoms with Gasteiger partial charge in [0.2, 0.25) is 0 Å². The van der Waals surface area contributed by atoms with Gasteiger partial charge in [0.15, 0.2) is 17.3 Å². The zero-order valence-electron chi connectivity index (χ0n) is 7.23. The minimum absolute atomic E-state index is 0.0335. The summed E-state index contributed by atoms with van der Waals surface area (Å²) in [7, 11) is 1.36. The number of rotatable bonds is 2. The number of hydrogen-bond acceptors (Lipinski definition) is 2. The second kappa shape index (κ2) is 3.87. The average molecular weight is 247 g/mol. The Kier molecular flexibility index (Phi) is 3.03. The fourth-order valence-electron chi connectivity index (χ4n) is 0.969. The van der Waals surface area contributed by atoms with Gasteiger partial charge in [0.25, 0.3) is 0 Å². The lowest BCUT2D eigenvalue weighted by Gasteiger charge is -2.05. The summed E-state index contributed by atoms with van der Waals surface area (Å²) in [6, 6.07) is 2.90. The molecule has 13 heavy (non-hydrogen) atoms. The Bertz CT molecular complexity index is 350. The second-order valence-electron chi connectivity index (χ2n) is 2.53. The molecule has 0 spiro atoms. The third-order valence-corrected chi connectivity index (χ3v) is 2.06. The van der Waals surface area contributed by atoms with Crippen molar-refractivity contribution < 1.29 is 13.9 Å². The molecule has 0 saturated heterocycles. The number of carbonyl (C=O) groups is 1. The van der Waals surface area contributed by atoms with Gasteiger partial charge in [-0.3, -0.25) is 4.79 Å². The van der Waals surface area contributed by atoms with Crippen LogP contribution in [-0.2, 0) is 0 Å². The third kappa shape index (κ3) is 2.06. The molecular formula is C9H8BrFO2. The first-order valence-electron chi connectivity index (χ1n) is 3.60. The molecule has 1 rings (SSSR count). The predicted molar refractivity (Wildman–Crippen MR) is 50.7 cm³/mol. The van der Waals surface area contributed by atoms with Gasteiger partial charge in [0, 0.05) is 4.47 Å². The molecule has 0 heterocycles. The maximum absolute atomic E-state index is 13.3. The molecule has 0 aromatic heterocycles. The van der Waals surface area contributed by atoms with Gasteiger partial charge in [-0.05, 0) is 19.1 Å². The zero-order chi connectivity index (χ0) is 10.0. The normalized spacial score (nSPS) is 9.85. The van der Waals surface area contributed by atoms with Crippen molar-refractivity contribution >= 4 is 21.7 Å². The Labute approximate surface area is 83.8 Å². The highest BCUT2D eigenvalue weighted by molar-refractivity contribution is 9.10. The molecule has 4 heteroatoms. The van der Waals surface area contributed by atoms with Crippen LogP contribution in [0.3, 0.4) is 0 Å². The molecule has 0 amide bonds. The van der Waals surface area contributed by atoms with Crippen LogP contribution in [0.15, 0.2) is 16.6 Å². The summed E-state index contributed by atoms with van der Waals surface area (Å²) in [6.07, 6.45) is 0. The molecule has 1 aromatic rings. The van der Waals surface area contributed by atoms with Crippen molar-refractivity contribution in [1.82, 2.24) is 0 Å². The molecule has 0 unspecified atom stereocenters. The van der Waals surface area contributed by atoms with E-state index in [2.05, 4.69) is 15.9 Å². The van der Waals surface area contributed by atoms with E-state index in [9.17, 15) is 9.18 Å². The van der Waals surface area contributed by atoms with Gasteiger partial charge < -0.3 is 4.74 Å². The number of methoxy groups -OCH3 is 1. The lowest BCUT2D eigenvalue weighted by molar-refractivity contribution is 0.101. The van der Waals surface area contributed by atoms with Gasteiger partial charge in [0.05, 0.1) is 12.7 Å². The summed E-state index contributed by atoms with van der Waals surface area (Å²) in [6.45, 7) is 1.31. The molecule has 0 aliphatic rings. The number of ether oxygens (including phenoxy) is 1. The molecule has 0 aliphatic heterocycles. The molecule has 2 nitrogen and oxygen atoms in total. The van der Waals surface area contributed by atoms with Crippen molar-refractivity contribution in [1.29, 1.82) is 0 Å². The molecule has 0 N–H and O–H groups in total. The summed E-state index contributed by atoms with van der Waals surface area (Å²) in [5, 5.41) is 0. The topological polar surface area (TPSA) is 26.3 Å². The molecule has 70 valence electrons. The smallest absolute Gasteiger partial charge is 0.175 e. The van der Waals surface area contributed by atoms with Crippen LogP contribution in [0.4, 0.5) is 4.39 Å². The summed E-state index contributed by atoms with van der Waals surface area (Å²) >= 11 is 3.16. The van der Waals surface area contributed by atoms with Gasteiger partial charge >= 0.3 is 0 Å². The second-order valence-corrected chi connectivity index (χ2v) is 3.44. The van der Waals surface area contributed by atoms with E-state index in [4.69, 9.17) is 4.74 Å². The Morgan fingerprint density at radius 2 is 2.15 bits per heavy atom. The van der Waals surface area contributed by atoms with E-state index in [-0.39, 0.29) is 17.1 Å². The number of carbonyl (C=O) groups excluding carboxylic acids is 1. The van der Waals surface area contributed by atoms with Gasteiger partial charge in [-0.2, -0.15) is 0 Å². The number of halogens is 2. The van der Waals surface area contributed by atoms with Gasteiger partial charge in [-0.25, -0.2) is 4.39 Å². The molecule has 1 aromatic carbocycles. The monoisotopic (exact) mass is 246 g/mol. The first-order valence-corrected chi connectivity index (χ1v) is 4.39. The Hall–Kier alpha value is -0.900. The fourth-order valence-corrected chi connectivity index (χ4v) is 1.41. The number of benzene rings is 1. The van der Waals surface area contributed by atoms with Crippen molar-refractivity contribution in [3.63, 3.8) is 0 Å². The van der Waals surface area contributed by atoms with E-state index in [1.807, 2.05) is 0 Å². The van der Waals surface area contributed by atoms with E-state index in [1.54, 1.807) is 0 Å². The Balaban J connectivity index is 3.35. The molecule has 0 radical (unpaired) electrons. The maximum atomic E-state index is 13.3. The van der Waals surface area contributed by atoms with Crippen LogP contribution in [0.25, 0.3) is 0 Å². The number of ketones is 1. The Morgan fingerprint density at radius 3 is 2.62 bits per heavy atom. The molecule has 0 fully saturated rings. The molecule has 0 bridgehead atoms. The van der Waals surface area contributed by atoms with Gasteiger partial charge in [-0.15, -0.1) is 0 Å². The average Bonchev–Trinajstić information content (AvgIpc) is 2.08. The van der Waals surface area contributed by atoms with E-state index < -0.39 is 5.82 Å². The summed E-state index contributed by atoms with van der Waals surface area (Å²) in [5.74, 6) is -0.866. The number of Topliss-reactive ketones (excluding diaryl/α,β-unsaturated/α-hetero) is 1. The van der Waals surface area contributed by atoms with Crippen LogP contribution in [0.2, 0.25) is 0 Å². The first-order chi connectivity index (χ1) is 6.06. The van der Waals surface area contributed by atoms with Crippen molar-refractivity contribution in [3.05, 3.63) is 28.0 Å². The number of hydrogen-bond donors (Lipinski definition) is 0. The predicted octanol–water partition coefficient (Wildman–Crippen LogP) is 2.80. The van der Waals surface area contributed by atoms with E-state index >= 15 is 0 Å². The van der Waals surface area contributed by atoms with Crippen LogP contribution in [0, 0.1) is 5.82 Å². The zero-order valence-corrected chi connectivity index (χ0v) is 8.81. The summed E-state index contributed by atoms with van der Waals surface area (Å²) < 4.78 is 18.7. The van der Waals surface area contributed by atoms with E-state index in [0.717, 1.165) is 0 Å². The van der Waals surface area contributed by atoms with Crippen LogP contribution in [-0.4, -0.2) is 12.9 Å². The lowest BCUT2D eigenvalue weighted by atomic mass is 10.1. The van der Waals surface area contributed by atoms with E-state index in [0.29, 0.717) is 4.47 Å². The molecule has 0 saturated carbocycles. The quantitative estimate of drug-likeness (QED) is 0.751. The van der Waals surface area contributed by atoms with Gasteiger partial charge in [-0.1, -0.05) is 15.9 Å². The van der Waals surface area contributed by atoms with Crippen LogP contribution in [0.1, 0.15) is 17.3 Å². The van der Waals surface area contributed by atoms with Crippen molar-refractivity contribution in [2.24, 2.45) is 0 Å². The maximum Gasteiger partial charge on any atom is 0.175 e. The molecular weight excluding hydrogens is 239 g/mol. The standard InChI is InChI=1S/C9H8BrFO2/c1-5(12)7-3-6(10)4-8(13-2)9(7)11/h3-4H,1-2H3. The molecule has 0 aliphatic carbocycles. The van der Waals surface area contributed by atoms with Crippen molar-refractivity contribution in [2.75, 3.05) is 7.11 Å². The van der Waals surface area contributed by atoms with Gasteiger partial charge in [0.1, 0.15) is 0 Å². The highest BCUT2D eigenvalue weighted by atomic mass is 79.9. The lowest BCUT2D eigenvalue weighted by Crippen LogP contribution is -1.99. The van der Waals surface area contributed by atoms with Crippen LogP contribution < -0.4 is 4.74 Å². The first kappa shape index (κ1) is 10.2. The van der Waals surface area contributed by atoms with Crippen LogP contribution in [0.5, 0.6) is 5.75 Å². The minimum Gasteiger partial charge on any atom is -0.494 e. The fraction of sp³-hybridized carbons (Fsp3) is 0.222. The minimum atomic E-state index is -0.613.